The Morgan fingerprint density at radius 1 is 1.06 bits per heavy atom. The van der Waals surface area contributed by atoms with E-state index in [2.05, 4.69) is 53.4 Å². The Labute approximate surface area is 205 Å². The van der Waals surface area contributed by atoms with Crippen LogP contribution in [0.2, 0.25) is 0 Å². The van der Waals surface area contributed by atoms with Gasteiger partial charge in [0.25, 0.3) is 0 Å². The summed E-state index contributed by atoms with van der Waals surface area (Å²) in [6.07, 6.45) is 1.22. The van der Waals surface area contributed by atoms with Gasteiger partial charge in [-0.3, -0.25) is 4.79 Å². The van der Waals surface area contributed by atoms with Crippen molar-refractivity contribution in [3.63, 3.8) is 0 Å². The van der Waals surface area contributed by atoms with Gasteiger partial charge in [-0.1, -0.05) is 29.8 Å². The summed E-state index contributed by atoms with van der Waals surface area (Å²) in [5, 5.41) is 5.89. The van der Waals surface area contributed by atoms with E-state index in [1.54, 1.807) is 7.11 Å². The Kier molecular flexibility index (Phi) is 7.17. The van der Waals surface area contributed by atoms with Crippen molar-refractivity contribution in [1.29, 1.82) is 0 Å². The molecule has 5 nitrogen and oxygen atoms in total. The summed E-state index contributed by atoms with van der Waals surface area (Å²) in [6, 6.07) is 16.5. The van der Waals surface area contributed by atoms with Crippen LogP contribution in [0, 0.1) is 27.7 Å². The molecule has 2 aromatic heterocycles. The lowest BCUT2D eigenvalue weighted by molar-refractivity contribution is -0.115. The number of rotatable bonds is 8. The normalized spacial score (nSPS) is 11.0. The lowest BCUT2D eigenvalue weighted by atomic mass is 10.1. The van der Waals surface area contributed by atoms with Gasteiger partial charge in [0, 0.05) is 34.6 Å². The van der Waals surface area contributed by atoms with Crippen LogP contribution in [0.3, 0.4) is 0 Å². The molecule has 1 amide bonds. The number of thiazole rings is 1. The average Bonchev–Trinajstić information content (AvgIpc) is 3.38. The number of carbonyl (C=O) groups is 1. The standard InChI is InChI=1S/C28H31N3O2S/c1-18-6-11-25(19(2)14-18)29-27(32)16-28-30-26(17-34-28)24-15-20(3)31(21(24)4)13-12-22-7-9-23(33-5)10-8-22/h6-11,14-15,17H,12-13,16H2,1-5H3,(H,29,32). The molecular weight excluding hydrogens is 442 g/mol. The third-order valence-electron chi connectivity index (χ3n) is 6.15. The summed E-state index contributed by atoms with van der Waals surface area (Å²) < 4.78 is 7.59. The number of hydrogen-bond donors (Lipinski definition) is 1. The van der Waals surface area contributed by atoms with E-state index in [9.17, 15) is 4.79 Å². The zero-order chi connectivity index (χ0) is 24.2. The highest BCUT2D eigenvalue weighted by molar-refractivity contribution is 7.10. The van der Waals surface area contributed by atoms with Crippen molar-refractivity contribution < 1.29 is 9.53 Å². The first-order chi connectivity index (χ1) is 16.3. The first-order valence-corrected chi connectivity index (χ1v) is 12.3. The van der Waals surface area contributed by atoms with Gasteiger partial charge in [0.05, 0.1) is 19.2 Å². The minimum atomic E-state index is -0.0437. The largest absolute Gasteiger partial charge is 0.497 e. The maximum absolute atomic E-state index is 12.6. The molecule has 1 N–H and O–H groups in total. The number of aromatic nitrogens is 2. The summed E-state index contributed by atoms with van der Waals surface area (Å²) in [4.78, 5) is 17.4. The number of benzene rings is 2. The van der Waals surface area contributed by atoms with E-state index in [1.165, 1.54) is 33.9 Å². The summed E-state index contributed by atoms with van der Waals surface area (Å²) >= 11 is 1.53. The first-order valence-electron chi connectivity index (χ1n) is 11.5. The highest BCUT2D eigenvalue weighted by atomic mass is 32.1. The fourth-order valence-corrected chi connectivity index (χ4v) is 5.03. The molecule has 2 aromatic carbocycles. The SMILES string of the molecule is COc1ccc(CCn2c(C)cc(-c3csc(CC(=O)Nc4ccc(C)cc4C)n3)c2C)cc1. The first kappa shape index (κ1) is 23.8. The molecule has 0 bridgehead atoms. The van der Waals surface area contributed by atoms with Gasteiger partial charge < -0.3 is 14.6 Å². The fourth-order valence-electron chi connectivity index (χ4n) is 4.24. The molecule has 0 saturated carbocycles. The van der Waals surface area contributed by atoms with Crippen LogP contribution in [-0.4, -0.2) is 22.6 Å². The molecule has 0 aliphatic carbocycles. The van der Waals surface area contributed by atoms with Crippen LogP contribution in [-0.2, 0) is 24.2 Å². The number of amides is 1. The molecular formula is C28H31N3O2S. The number of hydrogen-bond acceptors (Lipinski definition) is 4. The lowest BCUT2D eigenvalue weighted by Crippen LogP contribution is -2.15. The fraction of sp³-hybridized carbons (Fsp3) is 0.286. The van der Waals surface area contributed by atoms with Crippen LogP contribution in [0.25, 0.3) is 11.3 Å². The number of nitrogens with zero attached hydrogens (tertiary/aromatic N) is 2. The van der Waals surface area contributed by atoms with Crippen LogP contribution in [0.4, 0.5) is 5.69 Å². The number of aryl methyl sites for hydroxylation is 4. The number of methoxy groups -OCH3 is 1. The average molecular weight is 474 g/mol. The zero-order valence-electron chi connectivity index (χ0n) is 20.4. The molecule has 0 saturated heterocycles. The Morgan fingerprint density at radius 3 is 2.53 bits per heavy atom. The van der Waals surface area contributed by atoms with Gasteiger partial charge >= 0.3 is 0 Å². The molecule has 2 heterocycles. The van der Waals surface area contributed by atoms with Crippen molar-refractivity contribution in [3.05, 3.63) is 87.0 Å². The molecule has 0 fully saturated rings. The molecule has 0 aliphatic rings. The van der Waals surface area contributed by atoms with Gasteiger partial charge in [-0.05, 0) is 69.5 Å². The second-order valence-corrected chi connectivity index (χ2v) is 9.65. The lowest BCUT2D eigenvalue weighted by Gasteiger charge is -2.10. The molecule has 0 atom stereocenters. The molecule has 176 valence electrons. The Morgan fingerprint density at radius 2 is 1.82 bits per heavy atom. The number of nitrogens with one attached hydrogen (secondary N) is 1. The molecule has 0 unspecified atom stereocenters. The highest BCUT2D eigenvalue weighted by Gasteiger charge is 2.15. The summed E-state index contributed by atoms with van der Waals surface area (Å²) in [5.74, 6) is 0.833. The van der Waals surface area contributed by atoms with E-state index in [4.69, 9.17) is 9.72 Å². The summed E-state index contributed by atoms with van der Waals surface area (Å²) in [6.45, 7) is 9.23. The molecule has 4 rings (SSSR count). The van der Waals surface area contributed by atoms with Crippen molar-refractivity contribution >= 4 is 22.9 Å². The predicted molar refractivity (Wildman–Crippen MR) is 140 cm³/mol. The Balaban J connectivity index is 1.43. The smallest absolute Gasteiger partial charge is 0.231 e. The van der Waals surface area contributed by atoms with Crippen molar-refractivity contribution in [3.8, 4) is 17.0 Å². The second kappa shape index (κ2) is 10.3. The Bertz CT molecular complexity index is 1300. The summed E-state index contributed by atoms with van der Waals surface area (Å²) in [5.41, 5.74) is 8.85. The number of ether oxygens (including phenoxy) is 1. The maximum atomic E-state index is 12.6. The van der Waals surface area contributed by atoms with Gasteiger partial charge in [0.1, 0.15) is 10.8 Å². The molecule has 6 heteroatoms. The zero-order valence-corrected chi connectivity index (χ0v) is 21.3. The van der Waals surface area contributed by atoms with E-state index in [-0.39, 0.29) is 12.3 Å². The van der Waals surface area contributed by atoms with Crippen molar-refractivity contribution in [1.82, 2.24) is 9.55 Å². The van der Waals surface area contributed by atoms with Gasteiger partial charge in [-0.2, -0.15) is 0 Å². The van der Waals surface area contributed by atoms with Crippen molar-refractivity contribution in [2.45, 2.75) is 47.1 Å². The van der Waals surface area contributed by atoms with Gasteiger partial charge in [0.15, 0.2) is 0 Å². The van der Waals surface area contributed by atoms with Crippen molar-refractivity contribution in [2.75, 3.05) is 12.4 Å². The third kappa shape index (κ3) is 5.39. The highest BCUT2D eigenvalue weighted by Crippen LogP contribution is 2.29. The molecule has 0 spiro atoms. The van der Waals surface area contributed by atoms with Crippen LogP contribution >= 0.6 is 11.3 Å². The molecule has 0 aliphatic heterocycles. The third-order valence-corrected chi connectivity index (χ3v) is 7.00. The summed E-state index contributed by atoms with van der Waals surface area (Å²) in [7, 11) is 1.68. The van der Waals surface area contributed by atoms with E-state index in [1.807, 2.05) is 38.1 Å². The van der Waals surface area contributed by atoms with Crippen LogP contribution in [0.1, 0.15) is 33.1 Å². The topological polar surface area (TPSA) is 56.1 Å². The van der Waals surface area contributed by atoms with Gasteiger partial charge in [-0.25, -0.2) is 4.98 Å². The molecule has 4 aromatic rings. The number of carbonyl (C=O) groups excluding carboxylic acids is 1. The van der Waals surface area contributed by atoms with Crippen LogP contribution < -0.4 is 10.1 Å². The monoisotopic (exact) mass is 473 g/mol. The minimum Gasteiger partial charge on any atom is -0.497 e. The minimum absolute atomic E-state index is 0.0437. The molecule has 0 radical (unpaired) electrons. The van der Waals surface area contributed by atoms with E-state index >= 15 is 0 Å². The van der Waals surface area contributed by atoms with E-state index in [0.29, 0.717) is 0 Å². The maximum Gasteiger partial charge on any atom is 0.231 e. The van der Waals surface area contributed by atoms with Crippen LogP contribution in [0.5, 0.6) is 5.75 Å². The van der Waals surface area contributed by atoms with Gasteiger partial charge in [-0.15, -0.1) is 11.3 Å². The van der Waals surface area contributed by atoms with E-state index < -0.39 is 0 Å². The number of anilines is 1. The quantitative estimate of drug-likeness (QED) is 0.328. The van der Waals surface area contributed by atoms with Gasteiger partial charge in [0.2, 0.25) is 5.91 Å². The predicted octanol–water partition coefficient (Wildman–Crippen LogP) is 6.28. The Hall–Kier alpha value is -3.38. The van der Waals surface area contributed by atoms with E-state index in [0.717, 1.165) is 46.2 Å². The van der Waals surface area contributed by atoms with Crippen molar-refractivity contribution in [2.24, 2.45) is 0 Å². The molecule has 34 heavy (non-hydrogen) atoms. The van der Waals surface area contributed by atoms with Crippen LogP contribution in [0.15, 0.2) is 53.9 Å². The second-order valence-electron chi connectivity index (χ2n) is 8.70.